The first-order valence-electron chi connectivity index (χ1n) is 9.33. The van der Waals surface area contributed by atoms with Crippen LogP contribution in [0.25, 0.3) is 10.9 Å². The molecule has 0 fully saturated rings. The van der Waals surface area contributed by atoms with E-state index >= 15 is 0 Å². The predicted molar refractivity (Wildman–Crippen MR) is 111 cm³/mol. The van der Waals surface area contributed by atoms with Crippen molar-refractivity contribution in [3.05, 3.63) is 47.7 Å². The van der Waals surface area contributed by atoms with Crippen LogP contribution in [0.4, 0.5) is 5.69 Å². The molecule has 0 unspecified atom stereocenters. The zero-order valence-corrected chi connectivity index (χ0v) is 17.2. The number of nitrogens with one attached hydrogen (secondary N) is 1. The number of benzene rings is 2. The number of rotatable bonds is 4. The molecule has 7 heteroatoms. The lowest BCUT2D eigenvalue weighted by Crippen LogP contribution is -2.13. The second-order valence-electron chi connectivity index (χ2n) is 6.06. The fourth-order valence-corrected chi connectivity index (χ4v) is 3.04. The minimum atomic E-state index is -0.253. The van der Waals surface area contributed by atoms with E-state index in [4.69, 9.17) is 18.9 Å². The molecule has 3 aromatic rings. The lowest BCUT2D eigenvalue weighted by molar-refractivity contribution is 0.102. The van der Waals surface area contributed by atoms with Gasteiger partial charge in [0.05, 0.1) is 25.3 Å². The molecular weight excluding hydrogens is 372 g/mol. The van der Waals surface area contributed by atoms with Crippen molar-refractivity contribution in [2.24, 2.45) is 0 Å². The van der Waals surface area contributed by atoms with Crippen LogP contribution in [0.5, 0.6) is 23.0 Å². The maximum absolute atomic E-state index is 13.0. The Balaban J connectivity index is 0.00000117. The van der Waals surface area contributed by atoms with E-state index in [1.807, 2.05) is 26.8 Å². The quantitative estimate of drug-likeness (QED) is 0.696. The zero-order chi connectivity index (χ0) is 21.0. The number of carbonyl (C=O) groups excluding carboxylic acids is 1. The van der Waals surface area contributed by atoms with Crippen LogP contribution >= 0.6 is 0 Å². The molecule has 1 aromatic heterocycles. The largest absolute Gasteiger partial charge is 0.493 e. The number of carbonyl (C=O) groups is 1. The molecule has 0 saturated heterocycles. The van der Waals surface area contributed by atoms with Crippen LogP contribution in [0.1, 0.15) is 29.8 Å². The summed E-state index contributed by atoms with van der Waals surface area (Å²) in [6, 6.07) is 8.79. The van der Waals surface area contributed by atoms with Gasteiger partial charge in [-0.3, -0.25) is 9.78 Å². The number of aromatic nitrogens is 1. The highest BCUT2D eigenvalue weighted by Gasteiger charge is 2.19. The molecule has 29 heavy (non-hydrogen) atoms. The number of aryl methyl sites for hydroxylation is 1. The molecule has 0 bridgehead atoms. The Bertz CT molecular complexity index is 1050. The van der Waals surface area contributed by atoms with Crippen molar-refractivity contribution in [2.75, 3.05) is 26.3 Å². The van der Waals surface area contributed by atoms with Gasteiger partial charge in [0.2, 0.25) is 6.79 Å². The maximum atomic E-state index is 13.0. The molecule has 1 aliphatic rings. The first-order chi connectivity index (χ1) is 14.1. The Kier molecular flexibility index (Phi) is 6.07. The molecule has 1 N–H and O–H groups in total. The van der Waals surface area contributed by atoms with Gasteiger partial charge < -0.3 is 24.3 Å². The van der Waals surface area contributed by atoms with Crippen molar-refractivity contribution >= 4 is 22.5 Å². The molecule has 0 aliphatic carbocycles. The van der Waals surface area contributed by atoms with E-state index in [9.17, 15) is 4.79 Å². The molecular formula is C22H24N2O5. The lowest BCUT2D eigenvalue weighted by Gasteiger charge is -2.14. The molecule has 2 aromatic carbocycles. The molecule has 0 saturated carbocycles. The minimum Gasteiger partial charge on any atom is -0.493 e. The van der Waals surface area contributed by atoms with E-state index < -0.39 is 0 Å². The molecule has 152 valence electrons. The van der Waals surface area contributed by atoms with Gasteiger partial charge in [-0.2, -0.15) is 0 Å². The Hall–Kier alpha value is -3.48. The van der Waals surface area contributed by atoms with Gasteiger partial charge in [-0.25, -0.2) is 0 Å². The maximum Gasteiger partial charge on any atom is 0.256 e. The van der Waals surface area contributed by atoms with Gasteiger partial charge in [0.25, 0.3) is 5.91 Å². The molecule has 0 spiro atoms. The van der Waals surface area contributed by atoms with Crippen molar-refractivity contribution < 1.29 is 23.7 Å². The Morgan fingerprint density at radius 1 is 1.03 bits per heavy atom. The number of hydrogen-bond acceptors (Lipinski definition) is 6. The third-order valence-electron chi connectivity index (χ3n) is 4.46. The summed E-state index contributed by atoms with van der Waals surface area (Å²) in [6.45, 7) is 6.05. The number of pyridine rings is 1. The number of ether oxygens (including phenoxy) is 4. The predicted octanol–water partition coefficient (Wildman–Crippen LogP) is 4.57. The summed E-state index contributed by atoms with van der Waals surface area (Å²) in [6.07, 6.45) is 1.60. The van der Waals surface area contributed by atoms with Crippen molar-refractivity contribution in [2.45, 2.75) is 20.8 Å². The van der Waals surface area contributed by atoms with E-state index in [0.29, 0.717) is 45.2 Å². The van der Waals surface area contributed by atoms with Crippen molar-refractivity contribution in [3.63, 3.8) is 0 Å². The minimum absolute atomic E-state index is 0.165. The molecule has 1 amide bonds. The number of anilines is 1. The normalized spacial score (nSPS) is 11.5. The summed E-state index contributed by atoms with van der Waals surface area (Å²) >= 11 is 0. The monoisotopic (exact) mass is 396 g/mol. The summed E-state index contributed by atoms with van der Waals surface area (Å²) in [5, 5.41) is 3.63. The molecule has 1 aliphatic heterocycles. The Morgan fingerprint density at radius 2 is 1.69 bits per heavy atom. The highest BCUT2D eigenvalue weighted by Crippen LogP contribution is 2.37. The van der Waals surface area contributed by atoms with Crippen LogP contribution in [-0.4, -0.2) is 31.9 Å². The topological polar surface area (TPSA) is 78.9 Å². The van der Waals surface area contributed by atoms with Gasteiger partial charge in [-0.15, -0.1) is 0 Å². The molecule has 0 atom stereocenters. The SMILES string of the molecule is CC.COc1cc(C)c(NC(=O)c2ccnc3cc4c(cc23)OCO4)cc1OC. The fraction of sp³-hybridized carbons (Fsp3) is 0.273. The van der Waals surface area contributed by atoms with Gasteiger partial charge in [0, 0.05) is 29.4 Å². The van der Waals surface area contributed by atoms with Crippen LogP contribution < -0.4 is 24.3 Å². The smallest absolute Gasteiger partial charge is 0.256 e. The summed E-state index contributed by atoms with van der Waals surface area (Å²) in [7, 11) is 3.13. The van der Waals surface area contributed by atoms with E-state index in [0.717, 1.165) is 5.56 Å². The number of fused-ring (bicyclic) bond motifs is 2. The van der Waals surface area contributed by atoms with Crippen LogP contribution in [-0.2, 0) is 0 Å². The van der Waals surface area contributed by atoms with Crippen LogP contribution in [0, 0.1) is 6.92 Å². The molecule has 0 radical (unpaired) electrons. The molecule has 7 nitrogen and oxygen atoms in total. The lowest BCUT2D eigenvalue weighted by atomic mass is 10.1. The van der Waals surface area contributed by atoms with Crippen LogP contribution in [0.3, 0.4) is 0 Å². The van der Waals surface area contributed by atoms with Gasteiger partial charge >= 0.3 is 0 Å². The van der Waals surface area contributed by atoms with Crippen LogP contribution in [0.15, 0.2) is 36.5 Å². The van der Waals surface area contributed by atoms with E-state index in [1.54, 1.807) is 44.7 Å². The van der Waals surface area contributed by atoms with Crippen LogP contribution in [0.2, 0.25) is 0 Å². The number of methoxy groups -OCH3 is 2. The summed E-state index contributed by atoms with van der Waals surface area (Å²) in [5.74, 6) is 2.13. The first-order valence-corrected chi connectivity index (χ1v) is 9.33. The Labute approximate surface area is 169 Å². The zero-order valence-electron chi connectivity index (χ0n) is 17.2. The summed E-state index contributed by atoms with van der Waals surface area (Å²) in [4.78, 5) is 17.3. The summed E-state index contributed by atoms with van der Waals surface area (Å²) < 4.78 is 21.4. The highest BCUT2D eigenvalue weighted by atomic mass is 16.7. The van der Waals surface area contributed by atoms with Crippen molar-refractivity contribution in [1.82, 2.24) is 4.98 Å². The highest BCUT2D eigenvalue weighted by molar-refractivity contribution is 6.13. The second kappa shape index (κ2) is 8.68. The van der Waals surface area contributed by atoms with Gasteiger partial charge in [0.1, 0.15) is 0 Å². The summed E-state index contributed by atoms with van der Waals surface area (Å²) in [5.41, 5.74) is 2.66. The van der Waals surface area contributed by atoms with E-state index in [2.05, 4.69) is 10.3 Å². The van der Waals surface area contributed by atoms with E-state index in [1.165, 1.54) is 0 Å². The standard InChI is InChI=1S/C20H18N2O5.C2H6/c1-11-6-16(24-2)17(25-3)8-14(11)22-20(23)12-4-5-21-15-9-19-18(7-13(12)15)26-10-27-19;1-2/h4-9H,10H2,1-3H3,(H,22,23);1-2H3. The Morgan fingerprint density at radius 3 is 2.38 bits per heavy atom. The third-order valence-corrected chi connectivity index (χ3v) is 4.46. The molecule has 2 heterocycles. The molecule has 4 rings (SSSR count). The van der Waals surface area contributed by atoms with Gasteiger partial charge in [-0.05, 0) is 30.7 Å². The average molecular weight is 396 g/mol. The first kappa shape index (κ1) is 20.3. The van der Waals surface area contributed by atoms with Gasteiger partial charge in [0.15, 0.2) is 23.0 Å². The van der Waals surface area contributed by atoms with Gasteiger partial charge in [-0.1, -0.05) is 13.8 Å². The number of amides is 1. The third kappa shape index (κ3) is 3.89. The van der Waals surface area contributed by atoms with Crippen molar-refractivity contribution in [3.8, 4) is 23.0 Å². The second-order valence-corrected chi connectivity index (χ2v) is 6.06. The number of nitrogens with zero attached hydrogens (tertiary/aromatic N) is 1. The average Bonchev–Trinajstić information content (AvgIpc) is 3.21. The fourth-order valence-electron chi connectivity index (χ4n) is 3.04. The van der Waals surface area contributed by atoms with E-state index in [-0.39, 0.29) is 12.7 Å². The van der Waals surface area contributed by atoms with Crippen molar-refractivity contribution in [1.29, 1.82) is 0 Å². The number of hydrogen-bond donors (Lipinski definition) is 1.